The lowest BCUT2D eigenvalue weighted by molar-refractivity contribution is 0.101. The maximum Gasteiger partial charge on any atom is 0.223 e. The molecule has 3 atom stereocenters. The topological polar surface area (TPSA) is 103 Å². The number of azo groups is 1. The molecule has 2 heterocycles. The molecule has 6 N–H and O–H groups in total. The van der Waals surface area contributed by atoms with Gasteiger partial charge in [-0.25, -0.2) is 10.9 Å². The van der Waals surface area contributed by atoms with E-state index in [1.54, 1.807) is 0 Å². The predicted molar refractivity (Wildman–Crippen MR) is 139 cm³/mol. The molecule has 0 bridgehead atoms. The molecule has 2 aliphatic rings. The molecule has 2 aliphatic heterocycles. The van der Waals surface area contributed by atoms with Crippen LogP contribution in [0.25, 0.3) is 0 Å². The van der Waals surface area contributed by atoms with Gasteiger partial charge in [0, 0.05) is 11.7 Å². The predicted octanol–water partition coefficient (Wildman–Crippen LogP) is 4.85. The van der Waals surface area contributed by atoms with Gasteiger partial charge in [-0.15, -0.1) is 5.11 Å². The minimum atomic E-state index is -0.298. The zero-order valence-corrected chi connectivity index (χ0v) is 22.2. The zero-order valence-electron chi connectivity index (χ0n) is 22.2. The van der Waals surface area contributed by atoms with Gasteiger partial charge in [0.1, 0.15) is 0 Å². The normalized spacial score (nSPS) is 22.9. The zero-order chi connectivity index (χ0) is 24.4. The summed E-state index contributed by atoms with van der Waals surface area (Å²) in [6.45, 7) is 8.98. The number of allylic oxidation sites excluding steroid dienone is 2. The largest absolute Gasteiger partial charge is 0.258 e. The molecule has 0 saturated carbocycles. The van der Waals surface area contributed by atoms with Crippen molar-refractivity contribution in [2.75, 3.05) is 0 Å². The molecule has 34 heavy (non-hydrogen) atoms. The molecule has 3 unspecified atom stereocenters. The van der Waals surface area contributed by atoms with Gasteiger partial charge in [0.15, 0.2) is 0 Å². The first-order valence-electron chi connectivity index (χ1n) is 13.9. The van der Waals surface area contributed by atoms with Crippen LogP contribution in [0, 0.1) is 0 Å². The Morgan fingerprint density at radius 2 is 1.53 bits per heavy atom. The highest BCUT2D eigenvalue weighted by Crippen LogP contribution is 2.18. The van der Waals surface area contributed by atoms with E-state index in [9.17, 15) is 0 Å². The van der Waals surface area contributed by atoms with Gasteiger partial charge in [-0.2, -0.15) is 32.3 Å². The highest BCUT2D eigenvalue weighted by atomic mass is 15.9. The monoisotopic (exact) mass is 480 g/mol. The number of rotatable bonds is 19. The average molecular weight is 481 g/mol. The number of hydrogen-bond acceptors (Lipinski definition) is 10. The highest BCUT2D eigenvalue weighted by Gasteiger charge is 2.28. The van der Waals surface area contributed by atoms with Gasteiger partial charge in [-0.1, -0.05) is 91.1 Å². The number of hydrogen-bond donors (Lipinski definition) is 6. The average Bonchev–Trinajstić information content (AvgIpc) is 3.51. The number of nitrogens with one attached hydrogen (secondary N) is 6. The molecule has 10 heteroatoms. The quantitative estimate of drug-likeness (QED) is 0.115. The molecule has 2 fully saturated rings. The molecule has 0 aromatic rings. The van der Waals surface area contributed by atoms with Gasteiger partial charge in [0.05, 0.1) is 0 Å². The fourth-order valence-corrected chi connectivity index (χ4v) is 4.23. The molecular weight excluding hydrogens is 428 g/mol. The summed E-state index contributed by atoms with van der Waals surface area (Å²) in [6, 6.07) is 0.375. The highest BCUT2D eigenvalue weighted by molar-refractivity contribution is 5.02. The van der Waals surface area contributed by atoms with E-state index in [1.807, 2.05) is 5.12 Å². The summed E-state index contributed by atoms with van der Waals surface area (Å²) < 4.78 is 0. The minimum absolute atomic E-state index is 0.294. The van der Waals surface area contributed by atoms with Crippen LogP contribution in [0.4, 0.5) is 0 Å². The Morgan fingerprint density at radius 3 is 2.32 bits per heavy atom. The Kier molecular flexibility index (Phi) is 15.6. The van der Waals surface area contributed by atoms with Gasteiger partial charge in [-0.05, 0) is 39.0 Å². The molecule has 0 spiro atoms. The van der Waals surface area contributed by atoms with Crippen LogP contribution in [0.5, 0.6) is 0 Å². The molecule has 0 amide bonds. The Morgan fingerprint density at radius 1 is 0.824 bits per heavy atom. The second-order valence-electron chi connectivity index (χ2n) is 9.57. The molecule has 198 valence electrons. The lowest BCUT2D eigenvalue weighted by Crippen LogP contribution is -2.46. The van der Waals surface area contributed by atoms with Crippen molar-refractivity contribution in [3.8, 4) is 0 Å². The maximum absolute atomic E-state index is 4.56. The van der Waals surface area contributed by atoms with Crippen LogP contribution in [0.2, 0.25) is 0 Å². The first kappa shape index (κ1) is 29.1. The van der Waals surface area contributed by atoms with Crippen LogP contribution in [-0.2, 0) is 0 Å². The standard InChI is InChI=1S/C24H52N10/c1-5-8-11-13-14-16-18-21(4)34-29-23(26-31-34)25-27-24-28-30-32-33(24)22(19-15-10-7-3)20-17-12-9-6-2/h20-21,23-24,26,28-32H,5-19H2,1-4H3/b22-20+,27-25?. The Bertz CT molecular complexity index is 570. The second kappa shape index (κ2) is 18.2. The fraction of sp³-hybridized carbons (Fsp3) is 0.917. The van der Waals surface area contributed by atoms with Gasteiger partial charge in [-0.3, -0.25) is 5.01 Å². The maximum atomic E-state index is 4.56. The summed E-state index contributed by atoms with van der Waals surface area (Å²) in [5.41, 5.74) is 20.4. The molecule has 0 aromatic heterocycles. The van der Waals surface area contributed by atoms with E-state index < -0.39 is 0 Å². The van der Waals surface area contributed by atoms with E-state index in [2.05, 4.69) is 81.9 Å². The van der Waals surface area contributed by atoms with Crippen molar-refractivity contribution in [1.29, 1.82) is 0 Å². The summed E-state index contributed by atoms with van der Waals surface area (Å²) in [6.07, 6.45) is 20.3. The summed E-state index contributed by atoms with van der Waals surface area (Å²) in [5, 5.41) is 13.1. The lowest BCUT2D eigenvalue weighted by Gasteiger charge is -2.24. The smallest absolute Gasteiger partial charge is 0.223 e. The van der Waals surface area contributed by atoms with Gasteiger partial charge >= 0.3 is 0 Å². The third-order valence-electron chi connectivity index (χ3n) is 6.45. The first-order valence-corrected chi connectivity index (χ1v) is 13.9. The number of unbranched alkanes of at least 4 members (excludes halogenated alkanes) is 10. The van der Waals surface area contributed by atoms with Crippen molar-refractivity contribution in [2.45, 2.75) is 143 Å². The SMILES string of the molecule is CCCCC/C=C(\CCCCC)N1NNNC1N=NC1NNN(C(C)CCCCCCCC)N1. The van der Waals surface area contributed by atoms with Crippen LogP contribution in [0.1, 0.15) is 124 Å². The third kappa shape index (κ3) is 11.1. The first-order chi connectivity index (χ1) is 16.7. The molecule has 0 radical (unpaired) electrons. The molecule has 2 saturated heterocycles. The van der Waals surface area contributed by atoms with Gasteiger partial charge < -0.3 is 0 Å². The molecule has 0 aromatic carbocycles. The Labute approximate surface area is 208 Å². The Balaban J connectivity index is 1.80. The summed E-state index contributed by atoms with van der Waals surface area (Å²) in [5.74, 6) is 0. The molecule has 0 aliphatic carbocycles. The fourth-order valence-electron chi connectivity index (χ4n) is 4.23. The third-order valence-corrected chi connectivity index (χ3v) is 6.45. The van der Waals surface area contributed by atoms with Crippen LogP contribution in [0.15, 0.2) is 22.0 Å². The van der Waals surface area contributed by atoms with Crippen LogP contribution < -0.4 is 32.9 Å². The van der Waals surface area contributed by atoms with Crippen molar-refractivity contribution in [1.82, 2.24) is 43.0 Å². The van der Waals surface area contributed by atoms with Gasteiger partial charge in [0.2, 0.25) is 12.6 Å². The Hall–Kier alpha value is -1.14. The van der Waals surface area contributed by atoms with E-state index in [1.165, 1.54) is 82.7 Å². The van der Waals surface area contributed by atoms with Crippen molar-refractivity contribution in [3.63, 3.8) is 0 Å². The summed E-state index contributed by atoms with van der Waals surface area (Å²) >= 11 is 0. The lowest BCUT2D eigenvalue weighted by atomic mass is 10.1. The van der Waals surface area contributed by atoms with Crippen LogP contribution in [-0.4, -0.2) is 28.7 Å². The second-order valence-corrected chi connectivity index (χ2v) is 9.57. The van der Waals surface area contributed by atoms with E-state index in [0.717, 1.165) is 19.3 Å². The van der Waals surface area contributed by atoms with Crippen molar-refractivity contribution < 1.29 is 0 Å². The van der Waals surface area contributed by atoms with Crippen LogP contribution >= 0.6 is 0 Å². The van der Waals surface area contributed by atoms with E-state index >= 15 is 0 Å². The van der Waals surface area contributed by atoms with E-state index in [4.69, 9.17) is 0 Å². The van der Waals surface area contributed by atoms with Crippen molar-refractivity contribution in [3.05, 3.63) is 11.8 Å². The van der Waals surface area contributed by atoms with Crippen molar-refractivity contribution >= 4 is 0 Å². The minimum Gasteiger partial charge on any atom is -0.258 e. The number of hydrazine groups is 6. The van der Waals surface area contributed by atoms with E-state index in [0.29, 0.717) is 6.04 Å². The molecule has 2 rings (SSSR count). The summed E-state index contributed by atoms with van der Waals surface area (Å²) in [7, 11) is 0. The molecular formula is C24H52N10. The van der Waals surface area contributed by atoms with Crippen LogP contribution in [0.3, 0.4) is 0 Å². The summed E-state index contributed by atoms with van der Waals surface area (Å²) in [4.78, 5) is 0. The molecule has 10 nitrogen and oxygen atoms in total. The van der Waals surface area contributed by atoms with Crippen molar-refractivity contribution in [2.24, 2.45) is 10.2 Å². The van der Waals surface area contributed by atoms with E-state index in [-0.39, 0.29) is 12.6 Å². The number of nitrogens with zero attached hydrogens (tertiary/aromatic N) is 4. The van der Waals surface area contributed by atoms with Gasteiger partial charge in [0.25, 0.3) is 0 Å².